The predicted octanol–water partition coefficient (Wildman–Crippen LogP) is 2.68. The molecular formula is C18H25NO2. The lowest BCUT2D eigenvalue weighted by Crippen LogP contribution is -2.29. The van der Waals surface area contributed by atoms with Gasteiger partial charge in [-0.15, -0.1) is 12.3 Å². The lowest BCUT2D eigenvalue weighted by Gasteiger charge is -2.23. The van der Waals surface area contributed by atoms with E-state index in [1.807, 2.05) is 12.1 Å². The smallest absolute Gasteiger partial charge is 0.119 e. The molecule has 1 fully saturated rings. The van der Waals surface area contributed by atoms with Gasteiger partial charge in [-0.1, -0.05) is 18.6 Å². The molecular weight excluding hydrogens is 262 g/mol. The van der Waals surface area contributed by atoms with Crippen LogP contribution in [0.5, 0.6) is 5.75 Å². The Hall–Kier alpha value is -1.50. The zero-order valence-electron chi connectivity index (χ0n) is 12.8. The van der Waals surface area contributed by atoms with E-state index in [9.17, 15) is 5.11 Å². The summed E-state index contributed by atoms with van der Waals surface area (Å²) in [7, 11) is 2.11. The van der Waals surface area contributed by atoms with Gasteiger partial charge in [0.05, 0.1) is 12.7 Å². The molecule has 1 aromatic carbocycles. The molecule has 0 aromatic heterocycles. The van der Waals surface area contributed by atoms with Crippen LogP contribution in [0.3, 0.4) is 0 Å². The molecule has 2 atom stereocenters. The molecule has 0 radical (unpaired) electrons. The van der Waals surface area contributed by atoms with Gasteiger partial charge >= 0.3 is 0 Å². The van der Waals surface area contributed by atoms with E-state index in [2.05, 4.69) is 30.0 Å². The molecule has 1 N–H and O–H groups in total. The molecule has 0 heterocycles. The Morgan fingerprint density at radius 3 is 2.71 bits per heavy atom. The van der Waals surface area contributed by atoms with Crippen LogP contribution in [-0.4, -0.2) is 36.3 Å². The fourth-order valence-electron chi connectivity index (χ4n) is 2.93. The first kappa shape index (κ1) is 15.9. The SMILES string of the molecule is C#CCCOc1ccc(CN(C)CC2CCCC2O)cc1. The molecule has 3 heteroatoms. The van der Waals surface area contributed by atoms with Gasteiger partial charge in [0.2, 0.25) is 0 Å². The summed E-state index contributed by atoms with van der Waals surface area (Å²) in [5, 5.41) is 9.89. The van der Waals surface area contributed by atoms with Crippen molar-refractivity contribution in [1.82, 2.24) is 4.90 Å². The van der Waals surface area contributed by atoms with E-state index in [-0.39, 0.29) is 6.10 Å². The highest BCUT2D eigenvalue weighted by Crippen LogP contribution is 2.26. The lowest BCUT2D eigenvalue weighted by molar-refractivity contribution is 0.108. The highest BCUT2D eigenvalue weighted by atomic mass is 16.5. The summed E-state index contributed by atoms with van der Waals surface area (Å²) >= 11 is 0. The van der Waals surface area contributed by atoms with Crippen molar-refractivity contribution in [2.24, 2.45) is 5.92 Å². The van der Waals surface area contributed by atoms with Gasteiger partial charge < -0.3 is 14.7 Å². The summed E-state index contributed by atoms with van der Waals surface area (Å²) in [5.74, 6) is 3.86. The second-order valence-corrected chi connectivity index (χ2v) is 5.90. The van der Waals surface area contributed by atoms with Gasteiger partial charge in [0, 0.05) is 19.5 Å². The van der Waals surface area contributed by atoms with Crippen molar-refractivity contribution >= 4 is 0 Å². The average Bonchev–Trinajstić information content (AvgIpc) is 2.86. The molecule has 0 bridgehead atoms. The summed E-state index contributed by atoms with van der Waals surface area (Å²) in [6, 6.07) is 8.16. The number of nitrogens with zero attached hydrogens (tertiary/aromatic N) is 1. The first-order chi connectivity index (χ1) is 10.2. The first-order valence-electron chi connectivity index (χ1n) is 7.71. The fourth-order valence-corrected chi connectivity index (χ4v) is 2.93. The predicted molar refractivity (Wildman–Crippen MR) is 85.1 cm³/mol. The van der Waals surface area contributed by atoms with Crippen molar-refractivity contribution in [1.29, 1.82) is 0 Å². The maximum atomic E-state index is 9.89. The number of hydrogen-bond acceptors (Lipinski definition) is 3. The van der Waals surface area contributed by atoms with Crippen LogP contribution >= 0.6 is 0 Å². The number of rotatable bonds is 7. The minimum Gasteiger partial charge on any atom is -0.493 e. The number of ether oxygens (including phenoxy) is 1. The monoisotopic (exact) mass is 287 g/mol. The number of benzene rings is 1. The first-order valence-corrected chi connectivity index (χ1v) is 7.71. The summed E-state index contributed by atoms with van der Waals surface area (Å²) in [6.45, 7) is 2.42. The minimum atomic E-state index is -0.112. The number of aliphatic hydroxyl groups excluding tert-OH is 1. The fraction of sp³-hybridized carbons (Fsp3) is 0.556. The normalized spacial score (nSPS) is 21.4. The van der Waals surface area contributed by atoms with Crippen LogP contribution < -0.4 is 4.74 Å². The Morgan fingerprint density at radius 1 is 1.33 bits per heavy atom. The maximum Gasteiger partial charge on any atom is 0.119 e. The summed E-state index contributed by atoms with van der Waals surface area (Å²) in [5.41, 5.74) is 1.26. The quantitative estimate of drug-likeness (QED) is 0.618. The van der Waals surface area contributed by atoms with Gasteiger partial charge in [-0.05, 0) is 43.5 Å². The molecule has 3 nitrogen and oxygen atoms in total. The van der Waals surface area contributed by atoms with E-state index in [1.165, 1.54) is 5.56 Å². The van der Waals surface area contributed by atoms with Crippen LogP contribution in [0, 0.1) is 18.3 Å². The maximum absolute atomic E-state index is 9.89. The summed E-state index contributed by atoms with van der Waals surface area (Å²) in [6.07, 6.45) is 8.98. The third-order valence-electron chi connectivity index (χ3n) is 4.06. The van der Waals surface area contributed by atoms with E-state index in [1.54, 1.807) is 0 Å². The molecule has 1 saturated carbocycles. The van der Waals surface area contributed by atoms with E-state index >= 15 is 0 Å². The van der Waals surface area contributed by atoms with Crippen LogP contribution in [-0.2, 0) is 6.54 Å². The number of hydrogen-bond donors (Lipinski definition) is 1. The van der Waals surface area contributed by atoms with Crippen molar-refractivity contribution in [2.45, 2.75) is 38.3 Å². The van der Waals surface area contributed by atoms with Crippen molar-refractivity contribution < 1.29 is 9.84 Å². The number of aliphatic hydroxyl groups is 1. The highest BCUT2D eigenvalue weighted by molar-refractivity contribution is 5.27. The largest absolute Gasteiger partial charge is 0.493 e. The van der Waals surface area contributed by atoms with Gasteiger partial charge in [-0.2, -0.15) is 0 Å². The van der Waals surface area contributed by atoms with Crippen LogP contribution in [0.1, 0.15) is 31.2 Å². The van der Waals surface area contributed by atoms with Crippen LogP contribution in [0.2, 0.25) is 0 Å². The van der Waals surface area contributed by atoms with Crippen molar-refractivity contribution in [3.63, 3.8) is 0 Å². The zero-order valence-corrected chi connectivity index (χ0v) is 12.8. The zero-order chi connectivity index (χ0) is 15.1. The molecule has 0 amide bonds. The number of terminal acetylenes is 1. The second-order valence-electron chi connectivity index (χ2n) is 5.90. The van der Waals surface area contributed by atoms with Gasteiger partial charge in [0.15, 0.2) is 0 Å². The highest BCUT2D eigenvalue weighted by Gasteiger charge is 2.25. The average molecular weight is 287 g/mol. The molecule has 0 aliphatic heterocycles. The van der Waals surface area contributed by atoms with E-state index in [0.29, 0.717) is 18.9 Å². The Balaban J connectivity index is 1.78. The Morgan fingerprint density at radius 2 is 2.10 bits per heavy atom. The van der Waals surface area contributed by atoms with Gasteiger partial charge in [-0.25, -0.2) is 0 Å². The topological polar surface area (TPSA) is 32.7 Å². The molecule has 2 unspecified atom stereocenters. The lowest BCUT2D eigenvalue weighted by atomic mass is 10.1. The third kappa shape index (κ3) is 5.08. The molecule has 114 valence electrons. The van der Waals surface area contributed by atoms with Crippen molar-refractivity contribution in [3.05, 3.63) is 29.8 Å². The molecule has 21 heavy (non-hydrogen) atoms. The van der Waals surface area contributed by atoms with E-state index < -0.39 is 0 Å². The van der Waals surface area contributed by atoms with Crippen LogP contribution in [0.15, 0.2) is 24.3 Å². The van der Waals surface area contributed by atoms with E-state index in [4.69, 9.17) is 11.2 Å². The summed E-state index contributed by atoms with van der Waals surface area (Å²) < 4.78 is 5.54. The Kier molecular flexibility index (Phi) is 6.10. The van der Waals surface area contributed by atoms with Crippen molar-refractivity contribution in [2.75, 3.05) is 20.2 Å². The molecule has 1 aliphatic rings. The summed E-state index contributed by atoms with van der Waals surface area (Å²) in [4.78, 5) is 2.29. The molecule has 2 rings (SSSR count). The van der Waals surface area contributed by atoms with Crippen molar-refractivity contribution in [3.8, 4) is 18.1 Å². The van der Waals surface area contributed by atoms with E-state index in [0.717, 1.165) is 38.1 Å². The standard InChI is InChI=1S/C18H25NO2/c1-3-4-12-21-17-10-8-15(9-11-17)13-19(2)14-16-6-5-7-18(16)20/h1,8-11,16,18,20H,4-7,12-14H2,2H3. The van der Waals surface area contributed by atoms with Gasteiger partial charge in [0.1, 0.15) is 5.75 Å². The van der Waals surface area contributed by atoms with Gasteiger partial charge in [-0.3, -0.25) is 0 Å². The Labute approximate surface area is 127 Å². The molecule has 1 aliphatic carbocycles. The molecule has 0 spiro atoms. The van der Waals surface area contributed by atoms with Gasteiger partial charge in [0.25, 0.3) is 0 Å². The third-order valence-corrected chi connectivity index (χ3v) is 4.06. The van der Waals surface area contributed by atoms with Crippen LogP contribution in [0.4, 0.5) is 0 Å². The Bertz CT molecular complexity index is 463. The minimum absolute atomic E-state index is 0.112. The second kappa shape index (κ2) is 8.07. The molecule has 1 aromatic rings. The van der Waals surface area contributed by atoms with Crippen LogP contribution in [0.25, 0.3) is 0 Å². The molecule has 0 saturated heterocycles.